The largest absolute Gasteiger partial charge is 0.497 e. The summed E-state index contributed by atoms with van der Waals surface area (Å²) in [5.41, 5.74) is 3.72. The number of benzene rings is 2. The van der Waals surface area contributed by atoms with Crippen LogP contribution in [0.3, 0.4) is 0 Å². The molecule has 0 N–H and O–H groups in total. The van der Waals surface area contributed by atoms with E-state index in [1.54, 1.807) is 24.9 Å². The van der Waals surface area contributed by atoms with Gasteiger partial charge in [0.15, 0.2) is 0 Å². The molecule has 0 radical (unpaired) electrons. The van der Waals surface area contributed by atoms with Crippen LogP contribution in [-0.2, 0) is 0 Å². The molecule has 0 saturated heterocycles. The Labute approximate surface area is 161 Å². The lowest BCUT2D eigenvalue weighted by Crippen LogP contribution is -2.14. The molecule has 28 heavy (non-hydrogen) atoms. The minimum atomic E-state index is -0.0509. The molecule has 0 spiro atoms. The molecule has 5 rings (SSSR count). The summed E-state index contributed by atoms with van der Waals surface area (Å²) < 4.78 is 14.5. The molecule has 0 bridgehead atoms. The van der Waals surface area contributed by atoms with Crippen molar-refractivity contribution in [2.75, 3.05) is 14.2 Å². The van der Waals surface area contributed by atoms with Gasteiger partial charge in [0, 0.05) is 23.3 Å². The van der Waals surface area contributed by atoms with Crippen LogP contribution in [0, 0.1) is 0 Å². The second kappa shape index (κ2) is 6.16. The maximum absolute atomic E-state index is 13.2. The second-order valence-corrected chi connectivity index (χ2v) is 6.64. The number of hydrogen-bond acceptors (Lipinski definition) is 3. The lowest BCUT2D eigenvalue weighted by atomic mass is 10.1. The number of ether oxygens (including phenoxy) is 2. The molecular formula is C23H18N2O3. The number of rotatable bonds is 3. The first-order valence-electron chi connectivity index (χ1n) is 8.98. The molecule has 0 saturated carbocycles. The SMILES string of the molecule is COc1ccc(-c2c3c4ccc(OC)cc4c(=O)n-3cc3ccccn23)cc1. The number of methoxy groups -OCH3 is 2. The van der Waals surface area contributed by atoms with E-state index in [2.05, 4.69) is 4.40 Å². The van der Waals surface area contributed by atoms with Crippen LogP contribution < -0.4 is 15.0 Å². The summed E-state index contributed by atoms with van der Waals surface area (Å²) in [6, 6.07) is 19.5. The first-order chi connectivity index (χ1) is 13.7. The highest BCUT2D eigenvalue weighted by atomic mass is 16.5. The standard InChI is InChI=1S/C23H18N2O3/c1-27-17-8-6-15(7-9-17)21-22-19-11-10-18(28-2)13-20(19)23(26)25(22)14-16-5-3-4-12-24(16)21/h3-14H,1-2H3. The first-order valence-corrected chi connectivity index (χ1v) is 8.98. The van der Waals surface area contributed by atoms with E-state index in [1.165, 1.54) is 0 Å². The fourth-order valence-electron chi connectivity index (χ4n) is 3.80. The highest BCUT2D eigenvalue weighted by Gasteiger charge is 2.22. The quantitative estimate of drug-likeness (QED) is 0.474. The topological polar surface area (TPSA) is 44.9 Å². The monoisotopic (exact) mass is 370 g/mol. The summed E-state index contributed by atoms with van der Waals surface area (Å²) in [5, 5.41) is 1.54. The van der Waals surface area contributed by atoms with Crippen LogP contribution in [0.5, 0.6) is 11.5 Å². The number of aromatic nitrogens is 2. The number of fused-ring (bicyclic) bond motifs is 4. The maximum Gasteiger partial charge on any atom is 0.263 e. The number of hydrogen-bond donors (Lipinski definition) is 0. The molecule has 0 unspecified atom stereocenters. The molecule has 2 aliphatic rings. The van der Waals surface area contributed by atoms with Gasteiger partial charge in [-0.1, -0.05) is 6.07 Å². The van der Waals surface area contributed by atoms with Crippen LogP contribution in [0.4, 0.5) is 0 Å². The molecule has 138 valence electrons. The van der Waals surface area contributed by atoms with Gasteiger partial charge in [-0.05, 0) is 54.6 Å². The summed E-state index contributed by atoms with van der Waals surface area (Å²) in [5.74, 6) is 1.46. The van der Waals surface area contributed by atoms with Gasteiger partial charge in [0.1, 0.15) is 11.5 Å². The highest BCUT2D eigenvalue weighted by molar-refractivity contribution is 5.98. The molecule has 0 aliphatic carbocycles. The predicted octanol–water partition coefficient (Wildman–Crippen LogP) is 4.37. The Kier molecular flexibility index (Phi) is 3.62. The van der Waals surface area contributed by atoms with Crippen LogP contribution in [0.25, 0.3) is 33.2 Å². The van der Waals surface area contributed by atoms with E-state index >= 15 is 0 Å². The van der Waals surface area contributed by atoms with E-state index in [4.69, 9.17) is 9.47 Å². The van der Waals surface area contributed by atoms with Crippen molar-refractivity contribution in [3.63, 3.8) is 0 Å². The van der Waals surface area contributed by atoms with E-state index in [-0.39, 0.29) is 5.56 Å². The van der Waals surface area contributed by atoms with Crippen molar-refractivity contribution in [1.82, 2.24) is 8.97 Å². The Morgan fingerprint density at radius 2 is 1.57 bits per heavy atom. The molecule has 2 aromatic carbocycles. The third-order valence-corrected chi connectivity index (χ3v) is 5.15. The van der Waals surface area contributed by atoms with Gasteiger partial charge in [-0.15, -0.1) is 0 Å². The minimum absolute atomic E-state index is 0.0509. The van der Waals surface area contributed by atoms with E-state index in [0.29, 0.717) is 11.1 Å². The lowest BCUT2D eigenvalue weighted by Gasteiger charge is -2.17. The van der Waals surface area contributed by atoms with Crippen LogP contribution in [0.15, 0.2) is 77.9 Å². The number of pyridine rings is 1. The van der Waals surface area contributed by atoms with Gasteiger partial charge in [0.05, 0.1) is 36.5 Å². The fourth-order valence-corrected chi connectivity index (χ4v) is 3.80. The Morgan fingerprint density at radius 1 is 0.821 bits per heavy atom. The molecule has 0 amide bonds. The maximum atomic E-state index is 13.2. The average molecular weight is 370 g/mol. The average Bonchev–Trinajstić information content (AvgIpc) is 3.03. The van der Waals surface area contributed by atoms with Crippen LogP contribution in [-0.4, -0.2) is 23.2 Å². The molecule has 2 aliphatic heterocycles. The summed E-state index contributed by atoms with van der Waals surface area (Å²) in [6.07, 6.45) is 3.90. The summed E-state index contributed by atoms with van der Waals surface area (Å²) in [6.45, 7) is 0. The van der Waals surface area contributed by atoms with Crippen molar-refractivity contribution in [2.24, 2.45) is 0 Å². The van der Waals surface area contributed by atoms with E-state index in [9.17, 15) is 4.79 Å². The van der Waals surface area contributed by atoms with Gasteiger partial charge in [0.2, 0.25) is 0 Å². The predicted molar refractivity (Wildman–Crippen MR) is 110 cm³/mol. The van der Waals surface area contributed by atoms with E-state index in [0.717, 1.165) is 33.6 Å². The van der Waals surface area contributed by atoms with Crippen LogP contribution in [0.1, 0.15) is 0 Å². The lowest BCUT2D eigenvalue weighted by molar-refractivity contribution is 0.415. The summed E-state index contributed by atoms with van der Waals surface area (Å²) in [4.78, 5) is 13.2. The van der Waals surface area contributed by atoms with Crippen molar-refractivity contribution in [3.8, 4) is 28.4 Å². The Bertz CT molecular complexity index is 1350. The first kappa shape index (κ1) is 16.4. The normalized spacial score (nSPS) is 11.4. The number of nitrogens with zero attached hydrogens (tertiary/aromatic N) is 2. The van der Waals surface area contributed by atoms with Gasteiger partial charge in [-0.3, -0.25) is 9.36 Å². The van der Waals surface area contributed by atoms with Crippen LogP contribution >= 0.6 is 0 Å². The van der Waals surface area contributed by atoms with Crippen molar-refractivity contribution in [3.05, 3.63) is 83.4 Å². The molecule has 1 aromatic heterocycles. The molecule has 0 fully saturated rings. The van der Waals surface area contributed by atoms with Gasteiger partial charge in [0.25, 0.3) is 5.56 Å². The van der Waals surface area contributed by atoms with Gasteiger partial charge >= 0.3 is 0 Å². The second-order valence-electron chi connectivity index (χ2n) is 6.64. The van der Waals surface area contributed by atoms with E-state index in [1.807, 2.05) is 67.0 Å². The Hall–Kier alpha value is -3.73. The van der Waals surface area contributed by atoms with Crippen molar-refractivity contribution in [1.29, 1.82) is 0 Å². The Balaban J connectivity index is 1.97. The molecule has 0 atom stereocenters. The van der Waals surface area contributed by atoms with E-state index < -0.39 is 0 Å². The zero-order valence-corrected chi connectivity index (χ0v) is 15.5. The van der Waals surface area contributed by atoms with Crippen molar-refractivity contribution >= 4 is 16.3 Å². The molecule has 3 aromatic rings. The summed E-state index contributed by atoms with van der Waals surface area (Å²) >= 11 is 0. The zero-order valence-electron chi connectivity index (χ0n) is 15.5. The molecular weight excluding hydrogens is 352 g/mol. The smallest absolute Gasteiger partial charge is 0.263 e. The van der Waals surface area contributed by atoms with Gasteiger partial charge < -0.3 is 13.9 Å². The third-order valence-electron chi connectivity index (χ3n) is 5.15. The highest BCUT2D eigenvalue weighted by Crippen LogP contribution is 2.35. The van der Waals surface area contributed by atoms with Gasteiger partial charge in [-0.25, -0.2) is 0 Å². The fraction of sp³-hybridized carbons (Fsp3) is 0.0870. The van der Waals surface area contributed by atoms with Gasteiger partial charge in [-0.2, -0.15) is 0 Å². The zero-order chi connectivity index (χ0) is 19.3. The summed E-state index contributed by atoms with van der Waals surface area (Å²) in [7, 11) is 3.26. The van der Waals surface area contributed by atoms with Crippen LogP contribution in [0.2, 0.25) is 0 Å². The Morgan fingerprint density at radius 3 is 2.32 bits per heavy atom. The third kappa shape index (κ3) is 2.29. The van der Waals surface area contributed by atoms with Crippen molar-refractivity contribution in [2.45, 2.75) is 0 Å². The molecule has 3 heterocycles. The molecule has 5 nitrogen and oxygen atoms in total. The molecule has 5 heteroatoms. The van der Waals surface area contributed by atoms with Crippen molar-refractivity contribution < 1.29 is 9.47 Å². The minimum Gasteiger partial charge on any atom is -0.497 e.